The molecule has 0 bridgehead atoms. The molecule has 2 N–H and O–H groups in total. The van der Waals surface area contributed by atoms with Gasteiger partial charge in [-0.25, -0.2) is 4.79 Å². The van der Waals surface area contributed by atoms with Crippen LogP contribution in [0.1, 0.15) is 51.4 Å². The van der Waals surface area contributed by atoms with E-state index in [1.54, 1.807) is 0 Å². The predicted octanol–water partition coefficient (Wildman–Crippen LogP) is 1.77. The lowest BCUT2D eigenvalue weighted by Crippen LogP contribution is -2.48. The van der Waals surface area contributed by atoms with Crippen LogP contribution in [0.2, 0.25) is 0 Å². The van der Waals surface area contributed by atoms with Crippen LogP contribution in [0, 0.1) is 5.92 Å². The van der Waals surface area contributed by atoms with Gasteiger partial charge in [-0.05, 0) is 44.9 Å². The minimum Gasteiger partial charge on any atom is -0.446 e. The zero-order valence-electron chi connectivity index (χ0n) is 11.2. The Morgan fingerprint density at radius 2 is 1.89 bits per heavy atom. The van der Waals surface area contributed by atoms with E-state index in [2.05, 4.69) is 5.32 Å². The number of aliphatic hydroxyl groups is 1. The maximum atomic E-state index is 11.8. The Labute approximate surface area is 113 Å². The number of hydrogen-bond donors (Lipinski definition) is 2. The summed E-state index contributed by atoms with van der Waals surface area (Å²) >= 11 is 0. The normalized spacial score (nSPS) is 32.6. The van der Waals surface area contributed by atoms with Crippen molar-refractivity contribution in [3.8, 4) is 0 Å². The van der Waals surface area contributed by atoms with Crippen LogP contribution in [0.4, 0.5) is 4.79 Å². The van der Waals surface area contributed by atoms with Gasteiger partial charge in [0.05, 0.1) is 12.1 Å². The maximum absolute atomic E-state index is 11.8. The first-order valence-electron chi connectivity index (χ1n) is 7.29. The van der Waals surface area contributed by atoms with Crippen LogP contribution in [-0.4, -0.2) is 35.7 Å². The Morgan fingerprint density at radius 3 is 2.58 bits per heavy atom. The molecule has 5 nitrogen and oxygen atoms in total. The fourth-order valence-electron chi connectivity index (χ4n) is 2.99. The minimum absolute atomic E-state index is 0.0105. The van der Waals surface area contributed by atoms with Gasteiger partial charge in [0, 0.05) is 5.92 Å². The smallest absolute Gasteiger partial charge is 0.407 e. The summed E-state index contributed by atoms with van der Waals surface area (Å²) in [7, 11) is 0. The fourth-order valence-corrected chi connectivity index (χ4v) is 2.99. The average Bonchev–Trinajstić information content (AvgIpc) is 2.42. The van der Waals surface area contributed by atoms with E-state index in [9.17, 15) is 14.7 Å². The number of aliphatic hydroxyl groups excluding tert-OH is 1. The third kappa shape index (κ3) is 4.20. The van der Waals surface area contributed by atoms with Crippen LogP contribution >= 0.6 is 0 Å². The van der Waals surface area contributed by atoms with Crippen molar-refractivity contribution in [1.29, 1.82) is 0 Å². The topological polar surface area (TPSA) is 75.6 Å². The summed E-state index contributed by atoms with van der Waals surface area (Å²) in [4.78, 5) is 22.6. The molecule has 2 aliphatic rings. The van der Waals surface area contributed by atoms with Gasteiger partial charge in [0.1, 0.15) is 12.4 Å². The first-order valence-corrected chi connectivity index (χ1v) is 7.29. The van der Waals surface area contributed by atoms with Crippen molar-refractivity contribution in [3.63, 3.8) is 0 Å². The van der Waals surface area contributed by atoms with Gasteiger partial charge in [-0.1, -0.05) is 6.42 Å². The van der Waals surface area contributed by atoms with Crippen LogP contribution in [0.3, 0.4) is 0 Å². The molecule has 0 saturated heterocycles. The SMILES string of the molecule is O=CC1CCC(O)C(NC(=O)OC2CCCCC2)C1. The second-order valence-electron chi connectivity index (χ2n) is 5.69. The van der Waals surface area contributed by atoms with Crippen molar-refractivity contribution in [3.05, 3.63) is 0 Å². The number of carbonyl (C=O) groups is 2. The number of rotatable bonds is 3. The van der Waals surface area contributed by atoms with Crippen molar-refractivity contribution in [2.75, 3.05) is 0 Å². The van der Waals surface area contributed by atoms with E-state index >= 15 is 0 Å². The van der Waals surface area contributed by atoms with E-state index in [-0.39, 0.29) is 18.1 Å². The lowest BCUT2D eigenvalue weighted by atomic mass is 9.85. The summed E-state index contributed by atoms with van der Waals surface area (Å²) in [6.45, 7) is 0. The zero-order valence-corrected chi connectivity index (χ0v) is 11.2. The molecule has 0 aromatic rings. The third-order valence-electron chi connectivity index (χ3n) is 4.18. The van der Waals surface area contributed by atoms with Crippen molar-refractivity contribution in [1.82, 2.24) is 5.32 Å². The molecule has 2 rings (SSSR count). The van der Waals surface area contributed by atoms with E-state index in [4.69, 9.17) is 4.74 Å². The maximum Gasteiger partial charge on any atom is 0.407 e. The third-order valence-corrected chi connectivity index (χ3v) is 4.18. The second kappa shape index (κ2) is 6.89. The first-order chi connectivity index (χ1) is 9.19. The molecule has 0 aromatic carbocycles. The highest BCUT2D eigenvalue weighted by molar-refractivity contribution is 5.68. The molecule has 0 aliphatic heterocycles. The van der Waals surface area contributed by atoms with Crippen LogP contribution in [0.25, 0.3) is 0 Å². The van der Waals surface area contributed by atoms with Gasteiger partial charge >= 0.3 is 6.09 Å². The van der Waals surface area contributed by atoms with Crippen LogP contribution in [0.15, 0.2) is 0 Å². The van der Waals surface area contributed by atoms with Crippen LogP contribution in [-0.2, 0) is 9.53 Å². The molecule has 5 heteroatoms. The van der Waals surface area contributed by atoms with Gasteiger partial charge in [-0.3, -0.25) is 0 Å². The van der Waals surface area contributed by atoms with Gasteiger partial charge < -0.3 is 20.0 Å². The molecule has 108 valence electrons. The molecule has 0 heterocycles. The molecule has 1 amide bonds. The Balaban J connectivity index is 1.78. The quantitative estimate of drug-likeness (QED) is 0.766. The molecule has 0 radical (unpaired) electrons. The minimum atomic E-state index is -0.574. The number of nitrogens with one attached hydrogen (secondary N) is 1. The monoisotopic (exact) mass is 269 g/mol. The first kappa shape index (κ1) is 14.3. The second-order valence-corrected chi connectivity index (χ2v) is 5.69. The Kier molecular flexibility index (Phi) is 5.19. The number of aldehydes is 1. The molecule has 3 atom stereocenters. The molecule has 0 aromatic heterocycles. The number of amides is 1. The van der Waals surface area contributed by atoms with Crippen LogP contribution < -0.4 is 5.32 Å². The predicted molar refractivity (Wildman–Crippen MR) is 69.7 cm³/mol. The number of alkyl carbamates (subject to hydrolysis) is 1. The highest BCUT2D eigenvalue weighted by atomic mass is 16.6. The molecule has 2 saturated carbocycles. The summed E-state index contributed by atoms with van der Waals surface area (Å²) in [5, 5.41) is 12.6. The van der Waals surface area contributed by atoms with Gasteiger partial charge in [0.2, 0.25) is 0 Å². The van der Waals surface area contributed by atoms with Crippen molar-refractivity contribution < 1.29 is 19.4 Å². The average molecular weight is 269 g/mol. The number of hydrogen-bond acceptors (Lipinski definition) is 4. The number of ether oxygens (including phenoxy) is 1. The van der Waals surface area contributed by atoms with Crippen LogP contribution in [0.5, 0.6) is 0 Å². The van der Waals surface area contributed by atoms with Crippen molar-refractivity contribution in [2.24, 2.45) is 5.92 Å². The van der Waals surface area contributed by atoms with Gasteiger partial charge in [-0.15, -0.1) is 0 Å². The Hall–Kier alpha value is -1.10. The van der Waals surface area contributed by atoms with Gasteiger partial charge in [-0.2, -0.15) is 0 Å². The Bertz CT molecular complexity index is 315. The molecule has 2 aliphatic carbocycles. The lowest BCUT2D eigenvalue weighted by Gasteiger charge is -2.32. The van der Waals surface area contributed by atoms with E-state index in [1.807, 2.05) is 0 Å². The van der Waals surface area contributed by atoms with Gasteiger partial charge in [0.25, 0.3) is 0 Å². The Morgan fingerprint density at radius 1 is 1.16 bits per heavy atom. The highest BCUT2D eigenvalue weighted by Crippen LogP contribution is 2.24. The summed E-state index contributed by atoms with van der Waals surface area (Å²) in [6.07, 6.45) is 6.93. The van der Waals surface area contributed by atoms with E-state index in [1.165, 1.54) is 6.42 Å². The molecule has 2 fully saturated rings. The summed E-state index contributed by atoms with van der Waals surface area (Å²) in [6, 6.07) is -0.361. The summed E-state index contributed by atoms with van der Waals surface area (Å²) in [5.41, 5.74) is 0. The van der Waals surface area contributed by atoms with Gasteiger partial charge in [0.15, 0.2) is 0 Å². The van der Waals surface area contributed by atoms with E-state index in [0.29, 0.717) is 19.3 Å². The standard InChI is InChI=1S/C14H23NO4/c16-9-10-6-7-13(17)12(8-10)15-14(18)19-11-4-2-1-3-5-11/h9-13,17H,1-8H2,(H,15,18). The zero-order chi connectivity index (χ0) is 13.7. The lowest BCUT2D eigenvalue weighted by molar-refractivity contribution is -0.112. The fraction of sp³-hybridized carbons (Fsp3) is 0.857. The molecule has 0 spiro atoms. The summed E-state index contributed by atoms with van der Waals surface area (Å²) in [5.74, 6) is -0.0663. The van der Waals surface area contributed by atoms with Crippen molar-refractivity contribution in [2.45, 2.75) is 69.6 Å². The largest absolute Gasteiger partial charge is 0.446 e. The number of carbonyl (C=O) groups excluding carboxylic acids is 2. The highest BCUT2D eigenvalue weighted by Gasteiger charge is 2.31. The molecule has 19 heavy (non-hydrogen) atoms. The summed E-state index contributed by atoms with van der Waals surface area (Å²) < 4.78 is 5.36. The molecule has 3 unspecified atom stereocenters. The van der Waals surface area contributed by atoms with E-state index < -0.39 is 12.2 Å². The van der Waals surface area contributed by atoms with E-state index in [0.717, 1.165) is 32.0 Å². The molecular weight excluding hydrogens is 246 g/mol. The van der Waals surface area contributed by atoms with Crippen molar-refractivity contribution >= 4 is 12.4 Å². The molecular formula is C14H23NO4.